The number of anilines is 1. The van der Waals surface area contributed by atoms with Crippen LogP contribution in [0.25, 0.3) is 0 Å². The molecule has 3 nitrogen and oxygen atoms in total. The predicted octanol–water partition coefficient (Wildman–Crippen LogP) is 1.63. The van der Waals surface area contributed by atoms with Gasteiger partial charge in [0.05, 0.1) is 5.69 Å². The van der Waals surface area contributed by atoms with Gasteiger partial charge in [-0.3, -0.25) is 4.99 Å². The largest absolute Gasteiger partial charge is 0.370 e. The van der Waals surface area contributed by atoms with Gasteiger partial charge in [0.2, 0.25) is 0 Å². The Morgan fingerprint density at radius 3 is 2.57 bits per heavy atom. The first kappa shape index (κ1) is 10.4. The molecule has 0 bridgehead atoms. The van der Waals surface area contributed by atoms with Crippen LogP contribution < -0.4 is 11.1 Å². The molecular formula is C9H11F2N3. The molecule has 1 rings (SSSR count). The fraction of sp³-hybridized carbons (Fsp3) is 0.222. The van der Waals surface area contributed by atoms with E-state index < -0.39 is 11.6 Å². The van der Waals surface area contributed by atoms with Crippen LogP contribution in [0.3, 0.4) is 0 Å². The zero-order valence-corrected chi connectivity index (χ0v) is 7.94. The first-order valence-electron chi connectivity index (χ1n) is 3.99. The van der Waals surface area contributed by atoms with Crippen LogP contribution in [0.5, 0.6) is 0 Å². The van der Waals surface area contributed by atoms with Crippen molar-refractivity contribution in [2.24, 2.45) is 10.7 Å². The second-order valence-electron chi connectivity index (χ2n) is 2.82. The molecule has 76 valence electrons. The second kappa shape index (κ2) is 4.04. The smallest absolute Gasteiger partial charge is 0.192 e. The van der Waals surface area contributed by atoms with Gasteiger partial charge in [-0.25, -0.2) is 8.78 Å². The van der Waals surface area contributed by atoms with Gasteiger partial charge in [-0.05, 0) is 18.6 Å². The first-order chi connectivity index (χ1) is 6.54. The number of benzene rings is 1. The summed E-state index contributed by atoms with van der Waals surface area (Å²) in [7, 11) is 1.45. The Hall–Kier alpha value is -1.65. The summed E-state index contributed by atoms with van der Waals surface area (Å²) in [6.07, 6.45) is 0. The van der Waals surface area contributed by atoms with Gasteiger partial charge in [-0.2, -0.15) is 0 Å². The summed E-state index contributed by atoms with van der Waals surface area (Å²) in [5.41, 5.74) is 5.54. The molecule has 0 saturated carbocycles. The minimum Gasteiger partial charge on any atom is -0.370 e. The van der Waals surface area contributed by atoms with Gasteiger partial charge < -0.3 is 11.1 Å². The number of guanidine groups is 1. The molecule has 0 spiro atoms. The van der Waals surface area contributed by atoms with E-state index >= 15 is 0 Å². The zero-order valence-electron chi connectivity index (χ0n) is 7.94. The molecule has 0 radical (unpaired) electrons. The molecule has 0 fully saturated rings. The van der Waals surface area contributed by atoms with Crippen LogP contribution in [-0.4, -0.2) is 13.0 Å². The van der Waals surface area contributed by atoms with Crippen molar-refractivity contribution in [1.29, 1.82) is 0 Å². The van der Waals surface area contributed by atoms with Crippen molar-refractivity contribution < 1.29 is 8.78 Å². The van der Waals surface area contributed by atoms with Crippen LogP contribution in [0.2, 0.25) is 0 Å². The molecule has 1 aromatic rings. The molecule has 5 heteroatoms. The van der Waals surface area contributed by atoms with Gasteiger partial charge in [0.15, 0.2) is 5.96 Å². The van der Waals surface area contributed by atoms with E-state index in [9.17, 15) is 8.78 Å². The standard InChI is InChI=1S/C9H11F2N3/c1-5-3-7(11)8(4-6(5)10)14-9(12)13-2/h3-4H,1-2H3,(H3,12,13,14). The van der Waals surface area contributed by atoms with E-state index in [1.807, 2.05) is 0 Å². The number of hydrogen-bond acceptors (Lipinski definition) is 1. The summed E-state index contributed by atoms with van der Waals surface area (Å²) < 4.78 is 26.2. The number of halogens is 2. The third kappa shape index (κ3) is 2.18. The molecule has 14 heavy (non-hydrogen) atoms. The summed E-state index contributed by atoms with van der Waals surface area (Å²) >= 11 is 0. The number of hydrogen-bond donors (Lipinski definition) is 2. The Morgan fingerprint density at radius 2 is 2.00 bits per heavy atom. The van der Waals surface area contributed by atoms with E-state index in [2.05, 4.69) is 10.3 Å². The average Bonchev–Trinajstić information content (AvgIpc) is 2.14. The fourth-order valence-corrected chi connectivity index (χ4v) is 0.936. The summed E-state index contributed by atoms with van der Waals surface area (Å²) in [6, 6.07) is 2.14. The molecule has 0 aromatic heterocycles. The highest BCUT2D eigenvalue weighted by molar-refractivity contribution is 5.92. The highest BCUT2D eigenvalue weighted by Gasteiger charge is 2.07. The lowest BCUT2D eigenvalue weighted by Gasteiger charge is -2.07. The van der Waals surface area contributed by atoms with Crippen LogP contribution >= 0.6 is 0 Å². The number of nitrogens with one attached hydrogen (secondary N) is 1. The van der Waals surface area contributed by atoms with Crippen LogP contribution in [0, 0.1) is 18.6 Å². The number of nitrogens with zero attached hydrogens (tertiary/aromatic N) is 1. The molecule has 0 amide bonds. The van der Waals surface area contributed by atoms with Crippen LogP contribution in [-0.2, 0) is 0 Å². The van der Waals surface area contributed by atoms with E-state index in [-0.39, 0.29) is 17.2 Å². The SMILES string of the molecule is CN=C(N)Nc1cc(F)c(C)cc1F. The molecular weight excluding hydrogens is 188 g/mol. The zero-order chi connectivity index (χ0) is 10.7. The van der Waals surface area contributed by atoms with E-state index in [1.54, 1.807) is 0 Å². The van der Waals surface area contributed by atoms with Gasteiger partial charge >= 0.3 is 0 Å². The van der Waals surface area contributed by atoms with Gasteiger partial charge in [-0.15, -0.1) is 0 Å². The maximum atomic E-state index is 13.2. The Kier molecular flexibility index (Phi) is 3.01. The molecule has 0 saturated heterocycles. The summed E-state index contributed by atoms with van der Waals surface area (Å²) in [6.45, 7) is 1.49. The van der Waals surface area contributed by atoms with Crippen molar-refractivity contribution in [2.75, 3.05) is 12.4 Å². The molecule has 1 aromatic carbocycles. The minimum atomic E-state index is -0.560. The molecule has 0 atom stereocenters. The average molecular weight is 199 g/mol. The van der Waals surface area contributed by atoms with Gasteiger partial charge in [0.1, 0.15) is 11.6 Å². The van der Waals surface area contributed by atoms with Gasteiger partial charge in [0.25, 0.3) is 0 Å². The van der Waals surface area contributed by atoms with E-state index in [0.717, 1.165) is 12.1 Å². The lowest BCUT2D eigenvalue weighted by atomic mass is 10.2. The Labute approximate surface area is 80.6 Å². The van der Waals surface area contributed by atoms with Crippen molar-refractivity contribution in [3.63, 3.8) is 0 Å². The Balaban J connectivity index is 3.04. The van der Waals surface area contributed by atoms with E-state index in [1.165, 1.54) is 14.0 Å². The molecule has 3 N–H and O–H groups in total. The topological polar surface area (TPSA) is 50.4 Å². The number of nitrogens with two attached hydrogens (primary N) is 1. The Bertz CT molecular complexity index is 375. The summed E-state index contributed by atoms with van der Waals surface area (Å²) in [5.74, 6) is -1.01. The van der Waals surface area contributed by atoms with E-state index in [0.29, 0.717) is 0 Å². The van der Waals surface area contributed by atoms with Gasteiger partial charge in [-0.1, -0.05) is 0 Å². The predicted molar refractivity (Wildman–Crippen MR) is 52.3 cm³/mol. The number of aliphatic imine (C=N–C) groups is 1. The first-order valence-corrected chi connectivity index (χ1v) is 3.99. The fourth-order valence-electron chi connectivity index (χ4n) is 0.936. The van der Waals surface area contributed by atoms with Crippen molar-refractivity contribution in [2.45, 2.75) is 6.92 Å². The molecule has 0 aliphatic carbocycles. The normalized spacial score (nSPS) is 11.6. The van der Waals surface area contributed by atoms with E-state index in [4.69, 9.17) is 5.73 Å². The van der Waals surface area contributed by atoms with Crippen molar-refractivity contribution in [3.8, 4) is 0 Å². The minimum absolute atomic E-state index is 0.0174. The molecule has 0 aliphatic rings. The summed E-state index contributed by atoms with van der Waals surface area (Å²) in [5, 5.41) is 2.44. The summed E-state index contributed by atoms with van der Waals surface area (Å²) in [4.78, 5) is 3.57. The highest BCUT2D eigenvalue weighted by Crippen LogP contribution is 2.18. The maximum Gasteiger partial charge on any atom is 0.192 e. The van der Waals surface area contributed by atoms with Crippen LogP contribution in [0.1, 0.15) is 5.56 Å². The van der Waals surface area contributed by atoms with Crippen LogP contribution in [0.4, 0.5) is 14.5 Å². The maximum absolute atomic E-state index is 13.2. The third-order valence-corrected chi connectivity index (χ3v) is 1.75. The van der Waals surface area contributed by atoms with Crippen molar-refractivity contribution in [3.05, 3.63) is 29.3 Å². The number of rotatable bonds is 1. The Morgan fingerprint density at radius 1 is 1.36 bits per heavy atom. The third-order valence-electron chi connectivity index (χ3n) is 1.75. The van der Waals surface area contributed by atoms with Gasteiger partial charge in [0, 0.05) is 13.1 Å². The monoisotopic (exact) mass is 199 g/mol. The molecule has 0 aliphatic heterocycles. The van der Waals surface area contributed by atoms with Crippen LogP contribution in [0.15, 0.2) is 17.1 Å². The molecule has 0 heterocycles. The van der Waals surface area contributed by atoms with Crippen molar-refractivity contribution in [1.82, 2.24) is 0 Å². The number of aryl methyl sites for hydroxylation is 1. The lowest BCUT2D eigenvalue weighted by molar-refractivity contribution is 0.596. The second-order valence-corrected chi connectivity index (χ2v) is 2.82. The van der Waals surface area contributed by atoms with Crippen molar-refractivity contribution >= 4 is 11.6 Å². The quantitative estimate of drug-likeness (QED) is 0.533. The lowest BCUT2D eigenvalue weighted by Crippen LogP contribution is -2.22. The molecule has 0 unspecified atom stereocenters. The highest BCUT2D eigenvalue weighted by atomic mass is 19.1.